The summed E-state index contributed by atoms with van der Waals surface area (Å²) in [6.07, 6.45) is 0.766. The summed E-state index contributed by atoms with van der Waals surface area (Å²) in [4.78, 5) is 13.9. The fourth-order valence-electron chi connectivity index (χ4n) is 2.51. The molecule has 1 fully saturated rings. The summed E-state index contributed by atoms with van der Waals surface area (Å²) < 4.78 is 5.38. The van der Waals surface area contributed by atoms with Gasteiger partial charge in [0.25, 0.3) is 0 Å². The lowest BCUT2D eigenvalue weighted by Crippen LogP contribution is -2.45. The predicted octanol–water partition coefficient (Wildman–Crippen LogP) is 3.59. The average Bonchev–Trinajstić information content (AvgIpc) is 3.02. The predicted molar refractivity (Wildman–Crippen MR) is 93.8 cm³/mol. The average molecular weight is 333 g/mol. The third-order valence-corrected chi connectivity index (χ3v) is 5.63. The maximum Gasteiger partial charge on any atom is 0.242 e. The lowest BCUT2D eigenvalue weighted by atomic mass is 10.1. The number of thiophene rings is 1. The van der Waals surface area contributed by atoms with Crippen LogP contribution in [0.1, 0.15) is 22.9 Å². The van der Waals surface area contributed by atoms with Gasteiger partial charge in [0.05, 0.1) is 6.04 Å². The standard InChI is InChI=1S/C16H19N3OS2/c1-11-5-3-6-12(9-11)17-16(20)14-10-13(18-22-19(14)2)15-7-4-8-21-15/h3-9,13-14,18H,10H2,1-2H3,(H,17,20)/t13-,14+/m0/s1. The van der Waals surface area contributed by atoms with Crippen molar-refractivity contribution in [2.75, 3.05) is 12.4 Å². The van der Waals surface area contributed by atoms with Crippen LogP contribution in [0.2, 0.25) is 0 Å². The minimum atomic E-state index is -0.154. The summed E-state index contributed by atoms with van der Waals surface area (Å²) >= 11 is 3.23. The smallest absolute Gasteiger partial charge is 0.242 e. The number of aryl methyl sites for hydroxylation is 1. The molecule has 1 aromatic heterocycles. The maximum absolute atomic E-state index is 12.6. The second-order valence-corrected chi connectivity index (χ2v) is 7.41. The number of anilines is 1. The molecule has 1 amide bonds. The number of benzene rings is 1. The molecule has 2 N–H and O–H groups in total. The Morgan fingerprint density at radius 3 is 2.95 bits per heavy atom. The first kappa shape index (κ1) is 15.6. The maximum atomic E-state index is 12.6. The van der Waals surface area contributed by atoms with Crippen molar-refractivity contribution in [2.45, 2.75) is 25.4 Å². The van der Waals surface area contributed by atoms with Gasteiger partial charge in [-0.05, 0) is 49.5 Å². The summed E-state index contributed by atoms with van der Waals surface area (Å²) in [5, 5.41) is 5.10. The van der Waals surface area contributed by atoms with Gasteiger partial charge in [-0.2, -0.15) is 0 Å². The van der Waals surface area contributed by atoms with Crippen LogP contribution < -0.4 is 10.0 Å². The van der Waals surface area contributed by atoms with Gasteiger partial charge in [0.2, 0.25) is 5.91 Å². The number of rotatable bonds is 3. The second kappa shape index (κ2) is 6.83. The van der Waals surface area contributed by atoms with Crippen molar-refractivity contribution in [1.82, 2.24) is 9.03 Å². The van der Waals surface area contributed by atoms with E-state index in [4.69, 9.17) is 0 Å². The molecule has 3 rings (SSSR count). The van der Waals surface area contributed by atoms with Crippen LogP contribution in [0.5, 0.6) is 0 Å². The summed E-state index contributed by atoms with van der Waals surface area (Å²) in [5.74, 6) is 0.0451. The Bertz CT molecular complexity index is 645. The lowest BCUT2D eigenvalue weighted by Gasteiger charge is -2.35. The van der Waals surface area contributed by atoms with Crippen LogP contribution in [0.15, 0.2) is 41.8 Å². The normalized spacial score (nSPS) is 22.5. The number of hydrogen-bond acceptors (Lipinski definition) is 5. The number of carbonyl (C=O) groups is 1. The van der Waals surface area contributed by atoms with Crippen molar-refractivity contribution in [1.29, 1.82) is 0 Å². The minimum Gasteiger partial charge on any atom is -0.325 e. The van der Waals surface area contributed by atoms with Gasteiger partial charge in [0.1, 0.15) is 6.04 Å². The van der Waals surface area contributed by atoms with E-state index in [1.54, 1.807) is 11.3 Å². The van der Waals surface area contributed by atoms with Crippen LogP contribution in [0.25, 0.3) is 0 Å². The topological polar surface area (TPSA) is 44.4 Å². The zero-order valence-electron chi connectivity index (χ0n) is 12.6. The zero-order valence-corrected chi connectivity index (χ0v) is 14.2. The van der Waals surface area contributed by atoms with E-state index in [1.807, 2.05) is 48.6 Å². The van der Waals surface area contributed by atoms with Crippen LogP contribution >= 0.6 is 23.5 Å². The van der Waals surface area contributed by atoms with Gasteiger partial charge < -0.3 is 5.32 Å². The molecule has 0 radical (unpaired) electrons. The molecule has 22 heavy (non-hydrogen) atoms. The zero-order chi connectivity index (χ0) is 15.5. The highest BCUT2D eigenvalue weighted by atomic mass is 32.2. The highest BCUT2D eigenvalue weighted by Gasteiger charge is 2.33. The van der Waals surface area contributed by atoms with Crippen LogP contribution in [0.4, 0.5) is 5.69 Å². The Labute approximate surface area is 139 Å². The molecule has 0 unspecified atom stereocenters. The number of amides is 1. The molecule has 116 valence electrons. The molecule has 0 spiro atoms. The fourth-order valence-corrected chi connectivity index (χ4v) is 4.21. The number of nitrogens with zero attached hydrogens (tertiary/aromatic N) is 1. The van der Waals surface area contributed by atoms with Crippen molar-refractivity contribution in [2.24, 2.45) is 0 Å². The molecule has 0 bridgehead atoms. The molecular weight excluding hydrogens is 314 g/mol. The summed E-state index contributed by atoms with van der Waals surface area (Å²) in [7, 11) is 1.95. The van der Waals surface area contributed by atoms with Crippen molar-refractivity contribution >= 4 is 35.1 Å². The van der Waals surface area contributed by atoms with Crippen LogP contribution in [0, 0.1) is 6.92 Å². The van der Waals surface area contributed by atoms with Crippen molar-refractivity contribution in [3.05, 3.63) is 52.2 Å². The first-order chi connectivity index (χ1) is 10.6. The first-order valence-electron chi connectivity index (χ1n) is 7.20. The molecule has 1 saturated heterocycles. The lowest BCUT2D eigenvalue weighted by molar-refractivity contribution is -0.119. The van der Waals surface area contributed by atoms with E-state index in [9.17, 15) is 4.79 Å². The van der Waals surface area contributed by atoms with Gasteiger partial charge in [-0.3, -0.25) is 4.79 Å². The van der Waals surface area contributed by atoms with Gasteiger partial charge in [-0.1, -0.05) is 18.2 Å². The fraction of sp³-hybridized carbons (Fsp3) is 0.312. The van der Waals surface area contributed by atoms with Gasteiger partial charge in [-0.25, -0.2) is 9.03 Å². The number of carbonyl (C=O) groups excluding carboxylic acids is 1. The number of hydrogen-bond donors (Lipinski definition) is 2. The molecule has 0 aliphatic carbocycles. The van der Waals surface area contributed by atoms with Crippen molar-refractivity contribution < 1.29 is 4.79 Å². The SMILES string of the molecule is Cc1cccc(NC(=O)[C@H]2C[C@@H](c3cccs3)NSN2C)c1. The molecule has 2 aromatic rings. The third kappa shape index (κ3) is 3.52. The van der Waals surface area contributed by atoms with E-state index < -0.39 is 0 Å². The third-order valence-electron chi connectivity index (χ3n) is 3.71. The van der Waals surface area contributed by atoms with Crippen LogP contribution in [-0.4, -0.2) is 23.3 Å². The summed E-state index contributed by atoms with van der Waals surface area (Å²) in [5.41, 5.74) is 2.00. The van der Waals surface area contributed by atoms with E-state index in [1.165, 1.54) is 17.0 Å². The second-order valence-electron chi connectivity index (χ2n) is 5.43. The minimum absolute atomic E-state index is 0.0451. The van der Waals surface area contributed by atoms with Gasteiger partial charge in [-0.15, -0.1) is 11.3 Å². The molecule has 1 aromatic carbocycles. The van der Waals surface area contributed by atoms with Crippen molar-refractivity contribution in [3.8, 4) is 0 Å². The Morgan fingerprint density at radius 2 is 2.23 bits per heavy atom. The highest BCUT2D eigenvalue weighted by molar-refractivity contribution is 7.95. The summed E-state index contributed by atoms with van der Waals surface area (Å²) in [6, 6.07) is 12.1. The Morgan fingerprint density at radius 1 is 1.36 bits per heavy atom. The van der Waals surface area contributed by atoms with E-state index in [2.05, 4.69) is 21.5 Å². The van der Waals surface area contributed by atoms with Gasteiger partial charge >= 0.3 is 0 Å². The Balaban J connectivity index is 1.70. The monoisotopic (exact) mass is 333 g/mol. The van der Waals surface area contributed by atoms with E-state index in [0.29, 0.717) is 0 Å². The van der Waals surface area contributed by atoms with E-state index in [-0.39, 0.29) is 18.0 Å². The van der Waals surface area contributed by atoms with Gasteiger partial charge in [0, 0.05) is 22.7 Å². The van der Waals surface area contributed by atoms with Crippen LogP contribution in [-0.2, 0) is 4.79 Å². The van der Waals surface area contributed by atoms with Gasteiger partial charge in [0.15, 0.2) is 0 Å². The van der Waals surface area contributed by atoms with Crippen LogP contribution in [0.3, 0.4) is 0 Å². The molecule has 2 heterocycles. The molecule has 1 aliphatic heterocycles. The Hall–Kier alpha value is -1.34. The molecule has 1 aliphatic rings. The molecular formula is C16H19N3OS2. The van der Waals surface area contributed by atoms with E-state index in [0.717, 1.165) is 17.7 Å². The van der Waals surface area contributed by atoms with Crippen molar-refractivity contribution in [3.63, 3.8) is 0 Å². The summed E-state index contributed by atoms with van der Waals surface area (Å²) in [6.45, 7) is 2.02. The van der Waals surface area contributed by atoms with E-state index >= 15 is 0 Å². The molecule has 4 nitrogen and oxygen atoms in total. The number of likely N-dealkylation sites (N-methyl/N-ethyl adjacent to an activating group) is 1. The highest BCUT2D eigenvalue weighted by Crippen LogP contribution is 2.33. The quantitative estimate of drug-likeness (QED) is 0.843. The number of nitrogens with one attached hydrogen (secondary N) is 2. The molecule has 0 saturated carbocycles. The first-order valence-corrected chi connectivity index (χ1v) is 8.85. The Kier molecular flexibility index (Phi) is 4.83. The molecule has 6 heteroatoms. The molecule has 2 atom stereocenters. The largest absolute Gasteiger partial charge is 0.325 e.